The fourth-order valence-corrected chi connectivity index (χ4v) is 1.56. The largest absolute Gasteiger partial charge is 0.317 e. The molecule has 0 saturated heterocycles. The van der Waals surface area contributed by atoms with Gasteiger partial charge in [0.25, 0.3) is 0 Å². The van der Waals surface area contributed by atoms with Crippen molar-refractivity contribution in [2.24, 2.45) is 7.05 Å². The molecule has 0 aliphatic rings. The van der Waals surface area contributed by atoms with Crippen molar-refractivity contribution in [3.8, 4) is 11.4 Å². The smallest absolute Gasteiger partial charge is 0.166 e. The van der Waals surface area contributed by atoms with Crippen LogP contribution < -0.4 is 0 Å². The lowest BCUT2D eigenvalue weighted by Crippen LogP contribution is -1.93. The van der Waals surface area contributed by atoms with Gasteiger partial charge in [0.2, 0.25) is 0 Å². The van der Waals surface area contributed by atoms with Gasteiger partial charge in [-0.25, -0.2) is 4.39 Å². The van der Waals surface area contributed by atoms with Crippen molar-refractivity contribution in [3.63, 3.8) is 0 Å². The lowest BCUT2D eigenvalue weighted by atomic mass is 10.2. The second-order valence-corrected chi connectivity index (χ2v) is 3.81. The summed E-state index contributed by atoms with van der Waals surface area (Å²) in [7, 11) is 1.77. The number of halogens is 2. The highest BCUT2D eigenvalue weighted by Crippen LogP contribution is 2.23. The van der Waals surface area contributed by atoms with E-state index in [1.165, 1.54) is 12.4 Å². The molecule has 0 saturated carbocycles. The fourth-order valence-electron chi connectivity index (χ4n) is 1.20. The van der Waals surface area contributed by atoms with E-state index >= 15 is 0 Å². The molecule has 0 fully saturated rings. The number of rotatable bonds is 1. The summed E-state index contributed by atoms with van der Waals surface area (Å²) in [6.45, 7) is 0. The van der Waals surface area contributed by atoms with E-state index < -0.39 is 0 Å². The molecule has 1 aromatic carbocycles. The van der Waals surface area contributed by atoms with Crippen molar-refractivity contribution in [1.29, 1.82) is 0 Å². The Morgan fingerprint density at radius 1 is 1.43 bits per heavy atom. The standard InChI is InChI=1S/C9H7BrFN3/c1-14-5-12-13-9(14)7-4-6(10)2-3-8(7)11/h2-5H,1H3. The summed E-state index contributed by atoms with van der Waals surface area (Å²) in [4.78, 5) is 0. The van der Waals surface area contributed by atoms with Gasteiger partial charge >= 0.3 is 0 Å². The van der Waals surface area contributed by atoms with Crippen LogP contribution in [0.4, 0.5) is 4.39 Å². The quantitative estimate of drug-likeness (QED) is 0.784. The summed E-state index contributed by atoms with van der Waals surface area (Å²) < 4.78 is 15.9. The first-order valence-electron chi connectivity index (χ1n) is 3.98. The van der Waals surface area contributed by atoms with Crippen molar-refractivity contribution < 1.29 is 4.39 Å². The third kappa shape index (κ3) is 1.55. The van der Waals surface area contributed by atoms with Crippen LogP contribution >= 0.6 is 15.9 Å². The molecule has 1 aromatic heterocycles. The molecule has 0 aliphatic carbocycles. The highest BCUT2D eigenvalue weighted by atomic mass is 79.9. The van der Waals surface area contributed by atoms with Gasteiger partial charge in [-0.05, 0) is 18.2 Å². The fraction of sp³-hybridized carbons (Fsp3) is 0.111. The van der Waals surface area contributed by atoms with Crippen molar-refractivity contribution in [1.82, 2.24) is 14.8 Å². The Bertz CT molecular complexity index is 467. The Balaban J connectivity index is 2.62. The highest BCUT2D eigenvalue weighted by Gasteiger charge is 2.10. The van der Waals surface area contributed by atoms with Crippen LogP contribution in [0, 0.1) is 5.82 Å². The minimum atomic E-state index is -0.302. The molecule has 0 amide bonds. The van der Waals surface area contributed by atoms with Gasteiger partial charge < -0.3 is 4.57 Å². The lowest BCUT2D eigenvalue weighted by molar-refractivity contribution is 0.628. The summed E-state index contributed by atoms with van der Waals surface area (Å²) in [5.74, 6) is 0.216. The first-order chi connectivity index (χ1) is 6.68. The van der Waals surface area contributed by atoms with Gasteiger partial charge in [-0.2, -0.15) is 0 Å². The molecule has 0 N–H and O–H groups in total. The first-order valence-corrected chi connectivity index (χ1v) is 4.77. The SMILES string of the molecule is Cn1cnnc1-c1cc(Br)ccc1F. The summed E-state index contributed by atoms with van der Waals surface area (Å²) >= 11 is 3.28. The van der Waals surface area contributed by atoms with E-state index in [0.29, 0.717) is 11.4 Å². The van der Waals surface area contributed by atoms with Crippen LogP contribution in [0.2, 0.25) is 0 Å². The number of hydrogen-bond donors (Lipinski definition) is 0. The second-order valence-electron chi connectivity index (χ2n) is 2.89. The Labute approximate surface area is 88.7 Å². The summed E-state index contributed by atoms with van der Waals surface area (Å²) in [5, 5.41) is 7.54. The van der Waals surface area contributed by atoms with E-state index in [1.54, 1.807) is 23.7 Å². The molecule has 5 heteroatoms. The molecule has 0 aliphatic heterocycles. The number of hydrogen-bond acceptors (Lipinski definition) is 2. The molecular weight excluding hydrogens is 249 g/mol. The van der Waals surface area contributed by atoms with Crippen LogP contribution in [0.15, 0.2) is 29.0 Å². The van der Waals surface area contributed by atoms with Gasteiger partial charge in [0.05, 0.1) is 5.56 Å². The molecular formula is C9H7BrFN3. The van der Waals surface area contributed by atoms with E-state index in [4.69, 9.17) is 0 Å². The second kappa shape index (κ2) is 3.49. The zero-order valence-corrected chi connectivity index (χ0v) is 8.99. The minimum absolute atomic E-state index is 0.302. The average molecular weight is 256 g/mol. The zero-order chi connectivity index (χ0) is 10.1. The molecule has 1 heterocycles. The van der Waals surface area contributed by atoms with Crippen molar-refractivity contribution in [2.75, 3.05) is 0 Å². The molecule has 2 aromatic rings. The first kappa shape index (κ1) is 9.33. The highest BCUT2D eigenvalue weighted by molar-refractivity contribution is 9.10. The van der Waals surface area contributed by atoms with Gasteiger partial charge in [0.15, 0.2) is 5.82 Å². The Kier molecular flexibility index (Phi) is 2.33. The molecule has 72 valence electrons. The van der Waals surface area contributed by atoms with Gasteiger partial charge in [-0.3, -0.25) is 0 Å². The van der Waals surface area contributed by atoms with Crippen molar-refractivity contribution in [2.45, 2.75) is 0 Å². The number of nitrogens with zero attached hydrogens (tertiary/aromatic N) is 3. The molecule has 14 heavy (non-hydrogen) atoms. The van der Waals surface area contributed by atoms with Gasteiger partial charge in [-0.15, -0.1) is 10.2 Å². The maximum absolute atomic E-state index is 13.4. The van der Waals surface area contributed by atoms with Crippen LogP contribution in [0.1, 0.15) is 0 Å². The number of aryl methyl sites for hydroxylation is 1. The molecule has 3 nitrogen and oxygen atoms in total. The van der Waals surface area contributed by atoms with Crippen LogP contribution in [-0.2, 0) is 7.05 Å². The predicted molar refractivity (Wildman–Crippen MR) is 54.1 cm³/mol. The molecule has 0 radical (unpaired) electrons. The van der Waals surface area contributed by atoms with E-state index in [-0.39, 0.29) is 5.82 Å². The molecule has 0 spiro atoms. The number of aromatic nitrogens is 3. The summed E-state index contributed by atoms with van der Waals surface area (Å²) in [6.07, 6.45) is 1.54. The normalized spacial score (nSPS) is 10.5. The van der Waals surface area contributed by atoms with E-state index in [1.807, 2.05) is 0 Å². The Morgan fingerprint density at radius 3 is 2.86 bits per heavy atom. The van der Waals surface area contributed by atoms with Gasteiger partial charge in [-0.1, -0.05) is 15.9 Å². The maximum Gasteiger partial charge on any atom is 0.166 e. The Morgan fingerprint density at radius 2 is 2.21 bits per heavy atom. The maximum atomic E-state index is 13.4. The third-order valence-electron chi connectivity index (χ3n) is 1.88. The average Bonchev–Trinajstić information content (AvgIpc) is 2.56. The monoisotopic (exact) mass is 255 g/mol. The zero-order valence-electron chi connectivity index (χ0n) is 7.41. The summed E-state index contributed by atoms with van der Waals surface area (Å²) in [6, 6.07) is 4.72. The van der Waals surface area contributed by atoms with Crippen molar-refractivity contribution >= 4 is 15.9 Å². The van der Waals surface area contributed by atoms with Crippen LogP contribution in [0.25, 0.3) is 11.4 Å². The van der Waals surface area contributed by atoms with Crippen molar-refractivity contribution in [3.05, 3.63) is 34.8 Å². The Hall–Kier alpha value is -1.23. The third-order valence-corrected chi connectivity index (χ3v) is 2.37. The summed E-state index contributed by atoms with van der Waals surface area (Å²) in [5.41, 5.74) is 0.444. The van der Waals surface area contributed by atoms with E-state index in [9.17, 15) is 4.39 Å². The molecule has 0 atom stereocenters. The van der Waals surface area contributed by atoms with E-state index in [0.717, 1.165) is 4.47 Å². The van der Waals surface area contributed by atoms with Gasteiger partial charge in [0, 0.05) is 11.5 Å². The molecule has 2 rings (SSSR count). The minimum Gasteiger partial charge on any atom is -0.317 e. The number of benzene rings is 1. The lowest BCUT2D eigenvalue weighted by Gasteiger charge is -2.02. The van der Waals surface area contributed by atoms with E-state index in [2.05, 4.69) is 26.1 Å². The van der Waals surface area contributed by atoms with Crippen LogP contribution in [-0.4, -0.2) is 14.8 Å². The predicted octanol–water partition coefficient (Wildman–Crippen LogP) is 2.38. The molecule has 0 bridgehead atoms. The molecule has 0 unspecified atom stereocenters. The van der Waals surface area contributed by atoms with Crippen LogP contribution in [0.5, 0.6) is 0 Å². The van der Waals surface area contributed by atoms with Crippen LogP contribution in [0.3, 0.4) is 0 Å². The van der Waals surface area contributed by atoms with Gasteiger partial charge in [0.1, 0.15) is 12.1 Å². The topological polar surface area (TPSA) is 30.7 Å².